The number of carbonyl (C=O) groups is 1. The smallest absolute Gasteiger partial charge is 0.459 e. The summed E-state index contributed by atoms with van der Waals surface area (Å²) >= 11 is 0. The monoisotopic (exact) mass is 340 g/mol. The Bertz CT molecular complexity index is 392. The van der Waals surface area contributed by atoms with Gasteiger partial charge in [0.05, 0.1) is 5.41 Å². The van der Waals surface area contributed by atoms with Crippen molar-refractivity contribution in [2.75, 3.05) is 6.61 Å². The number of hydrogen-bond acceptors (Lipinski definition) is 2. The van der Waals surface area contributed by atoms with Crippen LogP contribution in [0.4, 0.5) is 30.7 Å². The normalized spacial score (nSPS) is 14.6. The topological polar surface area (TPSA) is 26.3 Å². The van der Waals surface area contributed by atoms with Gasteiger partial charge in [-0.25, -0.2) is 0 Å². The Morgan fingerprint density at radius 2 is 1.27 bits per heavy atom. The molecule has 0 saturated carbocycles. The zero-order valence-electron chi connectivity index (χ0n) is 12.8. The first-order valence-corrected chi connectivity index (χ1v) is 6.51. The second-order valence-electron chi connectivity index (χ2n) is 5.94. The Morgan fingerprint density at radius 3 is 1.55 bits per heavy atom. The fourth-order valence-corrected chi connectivity index (χ4v) is 1.75. The van der Waals surface area contributed by atoms with E-state index in [1.165, 1.54) is 6.92 Å². The minimum Gasteiger partial charge on any atom is -0.459 e. The minimum absolute atomic E-state index is 0.392. The Morgan fingerprint density at radius 1 is 0.909 bits per heavy atom. The van der Waals surface area contributed by atoms with Crippen molar-refractivity contribution in [2.24, 2.45) is 17.3 Å². The van der Waals surface area contributed by atoms with Crippen LogP contribution in [0.1, 0.15) is 34.6 Å². The molecule has 0 radical (unpaired) electrons. The third-order valence-corrected chi connectivity index (χ3v) is 4.04. The molecule has 0 aromatic heterocycles. The molecule has 0 amide bonds. The summed E-state index contributed by atoms with van der Waals surface area (Å²) < 4.78 is 91.6. The molecule has 0 unspecified atom stereocenters. The highest BCUT2D eigenvalue weighted by Crippen LogP contribution is 2.47. The second kappa shape index (κ2) is 6.23. The van der Waals surface area contributed by atoms with Crippen LogP contribution in [0, 0.1) is 17.3 Å². The van der Waals surface area contributed by atoms with Crippen molar-refractivity contribution < 1.29 is 40.3 Å². The van der Waals surface area contributed by atoms with Crippen molar-refractivity contribution in [3.63, 3.8) is 0 Å². The second-order valence-corrected chi connectivity index (χ2v) is 5.94. The van der Waals surface area contributed by atoms with E-state index in [-0.39, 0.29) is 0 Å². The summed E-state index contributed by atoms with van der Waals surface area (Å²) in [5, 5.41) is 0. The molecule has 0 saturated heterocycles. The van der Waals surface area contributed by atoms with E-state index in [1.54, 1.807) is 27.7 Å². The summed E-state index contributed by atoms with van der Waals surface area (Å²) in [6.45, 7) is 5.39. The van der Waals surface area contributed by atoms with Gasteiger partial charge in [0.2, 0.25) is 0 Å². The molecule has 0 rings (SSSR count). The lowest BCUT2D eigenvalue weighted by molar-refractivity contribution is -0.360. The zero-order valence-corrected chi connectivity index (χ0v) is 12.8. The number of ether oxygens (including phenoxy) is 1. The number of halogens is 7. The standard InChI is InChI=1S/C13H19F7O2/c1-7(2)10(5,8(3)4)9(21)22-6-11(14,15)12(16,17)13(18,19)20/h7-8H,6H2,1-5H3. The van der Waals surface area contributed by atoms with E-state index in [1.807, 2.05) is 0 Å². The maximum Gasteiger partial charge on any atom is 0.460 e. The third-order valence-electron chi connectivity index (χ3n) is 4.04. The number of rotatable bonds is 6. The molecule has 0 bridgehead atoms. The van der Waals surface area contributed by atoms with Gasteiger partial charge in [-0.15, -0.1) is 0 Å². The Kier molecular flexibility index (Phi) is 5.94. The summed E-state index contributed by atoms with van der Waals surface area (Å²) in [7, 11) is 0. The Hall–Kier alpha value is -1.02. The van der Waals surface area contributed by atoms with Crippen LogP contribution in [0.2, 0.25) is 0 Å². The molecule has 132 valence electrons. The van der Waals surface area contributed by atoms with Crippen molar-refractivity contribution in [3.8, 4) is 0 Å². The van der Waals surface area contributed by atoms with Crippen LogP contribution in [0.5, 0.6) is 0 Å². The third kappa shape index (κ3) is 3.65. The van der Waals surface area contributed by atoms with Crippen LogP contribution >= 0.6 is 0 Å². The lowest BCUT2D eigenvalue weighted by Crippen LogP contribution is -2.55. The molecule has 0 aromatic rings. The first-order chi connectivity index (χ1) is 9.51. The fourth-order valence-electron chi connectivity index (χ4n) is 1.75. The summed E-state index contributed by atoms with van der Waals surface area (Å²) in [5.41, 5.74) is -1.29. The molecular weight excluding hydrogens is 321 g/mol. The highest BCUT2D eigenvalue weighted by Gasteiger charge is 2.73. The van der Waals surface area contributed by atoms with Gasteiger partial charge < -0.3 is 4.74 Å². The first kappa shape index (κ1) is 21.0. The van der Waals surface area contributed by atoms with Crippen molar-refractivity contribution in [3.05, 3.63) is 0 Å². The first-order valence-electron chi connectivity index (χ1n) is 6.51. The van der Waals surface area contributed by atoms with E-state index in [9.17, 15) is 35.5 Å². The van der Waals surface area contributed by atoms with Crippen molar-refractivity contribution in [1.29, 1.82) is 0 Å². The lowest BCUT2D eigenvalue weighted by atomic mass is 9.70. The van der Waals surface area contributed by atoms with Gasteiger partial charge in [-0.05, 0) is 18.8 Å². The average molecular weight is 340 g/mol. The maximum absolute atomic E-state index is 13.1. The van der Waals surface area contributed by atoms with E-state index < -0.39 is 47.8 Å². The number of alkyl halides is 7. The van der Waals surface area contributed by atoms with Crippen LogP contribution in [-0.4, -0.2) is 30.6 Å². The van der Waals surface area contributed by atoms with Crippen LogP contribution in [-0.2, 0) is 9.53 Å². The predicted octanol–water partition coefficient (Wildman–Crippen LogP) is 4.68. The van der Waals surface area contributed by atoms with Gasteiger partial charge in [-0.1, -0.05) is 27.7 Å². The zero-order chi connectivity index (χ0) is 18.1. The molecule has 9 heteroatoms. The van der Waals surface area contributed by atoms with Gasteiger partial charge in [0.1, 0.15) is 0 Å². The molecular formula is C13H19F7O2. The van der Waals surface area contributed by atoms with Crippen molar-refractivity contribution in [1.82, 2.24) is 0 Å². The maximum atomic E-state index is 13.1. The van der Waals surface area contributed by atoms with Crippen molar-refractivity contribution >= 4 is 5.97 Å². The van der Waals surface area contributed by atoms with E-state index in [0.29, 0.717) is 0 Å². The molecule has 0 aliphatic heterocycles. The number of hydrogen-bond donors (Lipinski definition) is 0. The molecule has 0 N–H and O–H groups in total. The quantitative estimate of drug-likeness (QED) is 0.518. The van der Waals surface area contributed by atoms with Crippen LogP contribution in [0.3, 0.4) is 0 Å². The van der Waals surface area contributed by atoms with Crippen LogP contribution in [0.15, 0.2) is 0 Å². The largest absolute Gasteiger partial charge is 0.460 e. The fraction of sp³-hybridized carbons (Fsp3) is 0.923. The van der Waals surface area contributed by atoms with Crippen molar-refractivity contribution in [2.45, 2.75) is 52.6 Å². The van der Waals surface area contributed by atoms with E-state index in [2.05, 4.69) is 4.74 Å². The molecule has 0 spiro atoms. The van der Waals surface area contributed by atoms with Gasteiger partial charge in [-0.2, -0.15) is 30.7 Å². The molecule has 0 atom stereocenters. The number of carbonyl (C=O) groups excluding carboxylic acids is 1. The Labute approximate surface area is 124 Å². The molecule has 0 fully saturated rings. The number of esters is 1. The lowest BCUT2D eigenvalue weighted by Gasteiger charge is -2.36. The average Bonchev–Trinajstić information content (AvgIpc) is 2.32. The molecule has 0 aromatic carbocycles. The highest BCUT2D eigenvalue weighted by atomic mass is 19.4. The van der Waals surface area contributed by atoms with Crippen LogP contribution in [0.25, 0.3) is 0 Å². The minimum atomic E-state index is -6.44. The predicted molar refractivity (Wildman–Crippen MR) is 64.7 cm³/mol. The molecule has 22 heavy (non-hydrogen) atoms. The summed E-state index contributed by atoms with van der Waals surface area (Å²) in [5.74, 6) is -13.9. The molecule has 0 aliphatic carbocycles. The highest BCUT2D eigenvalue weighted by molar-refractivity contribution is 5.77. The van der Waals surface area contributed by atoms with E-state index in [4.69, 9.17) is 0 Å². The van der Waals surface area contributed by atoms with Gasteiger partial charge in [-0.3, -0.25) is 4.79 Å². The molecule has 0 heterocycles. The Balaban J connectivity index is 5.19. The van der Waals surface area contributed by atoms with Gasteiger partial charge >= 0.3 is 24.0 Å². The summed E-state index contributed by atoms with van der Waals surface area (Å²) in [4.78, 5) is 11.9. The van der Waals surface area contributed by atoms with Gasteiger partial charge in [0, 0.05) is 0 Å². The van der Waals surface area contributed by atoms with Gasteiger partial charge in [0.15, 0.2) is 6.61 Å². The molecule has 0 aliphatic rings. The van der Waals surface area contributed by atoms with E-state index >= 15 is 0 Å². The van der Waals surface area contributed by atoms with Gasteiger partial charge in [0.25, 0.3) is 0 Å². The SMILES string of the molecule is CC(C)C(C)(C(=O)OCC(F)(F)C(F)(F)C(F)(F)F)C(C)C. The van der Waals surface area contributed by atoms with Crippen LogP contribution < -0.4 is 0 Å². The summed E-state index contributed by atoms with van der Waals surface area (Å²) in [6, 6.07) is 0. The molecule has 2 nitrogen and oxygen atoms in total. The summed E-state index contributed by atoms with van der Waals surface area (Å²) in [6.07, 6.45) is -6.44. The van der Waals surface area contributed by atoms with E-state index in [0.717, 1.165) is 0 Å².